The molecule has 0 radical (unpaired) electrons. The lowest BCUT2D eigenvalue weighted by molar-refractivity contribution is 0.639. The van der Waals surface area contributed by atoms with Crippen molar-refractivity contribution in [1.29, 1.82) is 0 Å². The molecule has 1 aromatic heterocycles. The summed E-state index contributed by atoms with van der Waals surface area (Å²) in [6.07, 6.45) is 11.4. The van der Waals surface area contributed by atoms with Gasteiger partial charge < -0.3 is 0 Å². The molecule has 0 fully saturated rings. The van der Waals surface area contributed by atoms with Gasteiger partial charge in [-0.05, 0) is 80.0 Å². The van der Waals surface area contributed by atoms with E-state index in [1.807, 2.05) is 12.4 Å². The second-order valence-electron chi connectivity index (χ2n) is 5.80. The highest BCUT2D eigenvalue weighted by molar-refractivity contribution is 9.10. The summed E-state index contributed by atoms with van der Waals surface area (Å²) in [6.45, 7) is 4.38. The Balaban J connectivity index is 1.67. The topological polar surface area (TPSA) is 12.9 Å². The van der Waals surface area contributed by atoms with Crippen molar-refractivity contribution in [3.8, 4) is 0 Å². The van der Waals surface area contributed by atoms with E-state index in [1.54, 1.807) is 0 Å². The van der Waals surface area contributed by atoms with Crippen LogP contribution in [-0.4, -0.2) is 4.98 Å². The molecule has 0 bridgehead atoms. The largest absolute Gasteiger partial charge is 0.265 e. The molecule has 0 aliphatic carbocycles. The zero-order chi connectivity index (χ0) is 15.1. The molecule has 2 heteroatoms. The first-order valence-electron chi connectivity index (χ1n) is 7.81. The number of aryl methyl sites for hydroxylation is 4. The van der Waals surface area contributed by atoms with Gasteiger partial charge in [0, 0.05) is 16.9 Å². The lowest BCUT2D eigenvalue weighted by atomic mass is 9.99. The Kier molecular flexibility index (Phi) is 6.44. The average molecular weight is 346 g/mol. The maximum atomic E-state index is 4.05. The van der Waals surface area contributed by atoms with Crippen molar-refractivity contribution in [3.63, 3.8) is 0 Å². The van der Waals surface area contributed by atoms with Crippen molar-refractivity contribution < 1.29 is 0 Å². The van der Waals surface area contributed by atoms with Gasteiger partial charge in [-0.2, -0.15) is 0 Å². The standard InChI is InChI=1S/C19H24BrN/c1-15-14-19(20)16(2)13-18(15)8-6-4-3-5-7-17-9-11-21-12-10-17/h9-14H,3-8H2,1-2H3. The number of pyridine rings is 1. The lowest BCUT2D eigenvalue weighted by Gasteiger charge is -2.09. The van der Waals surface area contributed by atoms with Gasteiger partial charge >= 0.3 is 0 Å². The Morgan fingerprint density at radius 1 is 0.857 bits per heavy atom. The molecule has 0 aliphatic rings. The van der Waals surface area contributed by atoms with Gasteiger partial charge in [-0.3, -0.25) is 4.98 Å². The summed E-state index contributed by atoms with van der Waals surface area (Å²) in [5.74, 6) is 0. The Hall–Kier alpha value is -1.15. The molecule has 1 nitrogen and oxygen atoms in total. The number of nitrogens with zero attached hydrogens (tertiary/aromatic N) is 1. The fourth-order valence-corrected chi connectivity index (χ4v) is 3.12. The highest BCUT2D eigenvalue weighted by Crippen LogP contribution is 2.22. The summed E-state index contributed by atoms with van der Waals surface area (Å²) in [4.78, 5) is 4.05. The summed E-state index contributed by atoms with van der Waals surface area (Å²) >= 11 is 3.60. The fraction of sp³-hybridized carbons (Fsp3) is 0.421. The smallest absolute Gasteiger partial charge is 0.0270 e. The maximum Gasteiger partial charge on any atom is 0.0270 e. The summed E-state index contributed by atoms with van der Waals surface area (Å²) in [5.41, 5.74) is 5.66. The van der Waals surface area contributed by atoms with Gasteiger partial charge in [0.1, 0.15) is 0 Å². The van der Waals surface area contributed by atoms with Crippen LogP contribution >= 0.6 is 15.9 Å². The third-order valence-corrected chi connectivity index (χ3v) is 4.88. The Labute approximate surface area is 136 Å². The number of rotatable bonds is 7. The molecule has 0 amide bonds. The molecule has 112 valence electrons. The maximum absolute atomic E-state index is 4.05. The fourth-order valence-electron chi connectivity index (χ4n) is 2.66. The van der Waals surface area contributed by atoms with E-state index in [2.05, 4.69) is 59.0 Å². The van der Waals surface area contributed by atoms with Crippen LogP contribution in [0.2, 0.25) is 0 Å². The van der Waals surface area contributed by atoms with Crippen LogP contribution in [0, 0.1) is 13.8 Å². The van der Waals surface area contributed by atoms with E-state index < -0.39 is 0 Å². The first kappa shape index (κ1) is 16.2. The quantitative estimate of drug-likeness (QED) is 0.577. The number of halogens is 1. The molecule has 2 aromatic rings. The van der Waals surface area contributed by atoms with E-state index in [1.165, 1.54) is 65.3 Å². The number of hydrogen-bond donors (Lipinski definition) is 0. The van der Waals surface area contributed by atoms with Crippen LogP contribution < -0.4 is 0 Å². The second-order valence-corrected chi connectivity index (χ2v) is 6.65. The summed E-state index contributed by atoms with van der Waals surface area (Å²) in [6, 6.07) is 8.81. The van der Waals surface area contributed by atoms with E-state index in [9.17, 15) is 0 Å². The molecule has 0 spiro atoms. The number of unbranched alkanes of at least 4 members (excludes halogenated alkanes) is 3. The predicted molar refractivity (Wildman–Crippen MR) is 93.7 cm³/mol. The van der Waals surface area contributed by atoms with E-state index in [0.29, 0.717) is 0 Å². The normalized spacial score (nSPS) is 10.8. The molecular formula is C19H24BrN. The van der Waals surface area contributed by atoms with Crippen LogP contribution in [0.15, 0.2) is 41.1 Å². The van der Waals surface area contributed by atoms with Gasteiger partial charge in [0.25, 0.3) is 0 Å². The molecule has 0 unspecified atom stereocenters. The van der Waals surface area contributed by atoms with Gasteiger partial charge in [-0.1, -0.05) is 34.8 Å². The minimum absolute atomic E-state index is 1.18. The average Bonchev–Trinajstić information content (AvgIpc) is 2.49. The third-order valence-electron chi connectivity index (χ3n) is 4.03. The van der Waals surface area contributed by atoms with Crippen LogP contribution in [0.5, 0.6) is 0 Å². The molecular weight excluding hydrogens is 322 g/mol. The molecule has 0 atom stereocenters. The molecule has 0 N–H and O–H groups in total. The van der Waals surface area contributed by atoms with E-state index in [4.69, 9.17) is 0 Å². The van der Waals surface area contributed by atoms with Gasteiger partial charge in [0.2, 0.25) is 0 Å². The molecule has 1 heterocycles. The van der Waals surface area contributed by atoms with Crippen LogP contribution in [-0.2, 0) is 12.8 Å². The molecule has 1 aromatic carbocycles. The molecule has 21 heavy (non-hydrogen) atoms. The van der Waals surface area contributed by atoms with E-state index in [0.717, 1.165) is 0 Å². The van der Waals surface area contributed by atoms with Gasteiger partial charge in [-0.25, -0.2) is 0 Å². The third kappa shape index (κ3) is 5.28. The monoisotopic (exact) mass is 345 g/mol. The predicted octanol–water partition coefficient (Wildman–Crippen LogP) is 5.81. The van der Waals surface area contributed by atoms with Crippen molar-refractivity contribution in [2.45, 2.75) is 52.4 Å². The van der Waals surface area contributed by atoms with Crippen molar-refractivity contribution >= 4 is 15.9 Å². The Morgan fingerprint density at radius 2 is 1.52 bits per heavy atom. The van der Waals surface area contributed by atoms with Crippen LogP contribution in [0.25, 0.3) is 0 Å². The van der Waals surface area contributed by atoms with Crippen molar-refractivity contribution in [1.82, 2.24) is 4.98 Å². The summed E-state index contributed by atoms with van der Waals surface area (Å²) in [5, 5.41) is 0. The summed E-state index contributed by atoms with van der Waals surface area (Å²) < 4.78 is 1.22. The molecule has 0 aliphatic heterocycles. The van der Waals surface area contributed by atoms with Gasteiger partial charge in [-0.15, -0.1) is 0 Å². The number of hydrogen-bond acceptors (Lipinski definition) is 1. The minimum atomic E-state index is 1.18. The zero-order valence-electron chi connectivity index (χ0n) is 13.0. The van der Waals surface area contributed by atoms with Crippen LogP contribution in [0.4, 0.5) is 0 Å². The van der Waals surface area contributed by atoms with Crippen LogP contribution in [0.1, 0.15) is 47.9 Å². The van der Waals surface area contributed by atoms with Crippen molar-refractivity contribution in [2.24, 2.45) is 0 Å². The number of aromatic nitrogens is 1. The second kappa shape index (κ2) is 8.33. The Bertz CT molecular complexity index is 563. The van der Waals surface area contributed by atoms with E-state index >= 15 is 0 Å². The SMILES string of the molecule is Cc1cc(CCCCCCc2ccncc2)c(C)cc1Br. The molecule has 0 saturated heterocycles. The number of benzene rings is 1. The molecule has 2 rings (SSSR count). The first-order valence-corrected chi connectivity index (χ1v) is 8.60. The van der Waals surface area contributed by atoms with Crippen molar-refractivity contribution in [3.05, 3.63) is 63.4 Å². The summed E-state index contributed by atoms with van der Waals surface area (Å²) in [7, 11) is 0. The van der Waals surface area contributed by atoms with Crippen molar-refractivity contribution in [2.75, 3.05) is 0 Å². The van der Waals surface area contributed by atoms with Gasteiger partial charge in [0.05, 0.1) is 0 Å². The van der Waals surface area contributed by atoms with Gasteiger partial charge in [0.15, 0.2) is 0 Å². The highest BCUT2D eigenvalue weighted by atomic mass is 79.9. The van der Waals surface area contributed by atoms with E-state index in [-0.39, 0.29) is 0 Å². The first-order chi connectivity index (χ1) is 10.2. The Morgan fingerprint density at radius 3 is 2.24 bits per heavy atom. The minimum Gasteiger partial charge on any atom is -0.265 e. The lowest BCUT2D eigenvalue weighted by Crippen LogP contribution is -1.93. The highest BCUT2D eigenvalue weighted by Gasteiger charge is 2.02. The van der Waals surface area contributed by atoms with Crippen LogP contribution in [0.3, 0.4) is 0 Å². The molecule has 0 saturated carbocycles. The zero-order valence-corrected chi connectivity index (χ0v) is 14.6.